The molecule has 4 rings (SSSR count). The van der Waals surface area contributed by atoms with Crippen LogP contribution in [0.4, 0.5) is 5.69 Å². The molecule has 0 aliphatic carbocycles. The molecule has 5 heteroatoms. The molecule has 0 saturated heterocycles. The summed E-state index contributed by atoms with van der Waals surface area (Å²) in [6.07, 6.45) is 3.94. The van der Waals surface area contributed by atoms with Gasteiger partial charge < -0.3 is 9.64 Å². The Kier molecular flexibility index (Phi) is 7.01. The Morgan fingerprint density at radius 3 is 2.59 bits per heavy atom. The number of hydrazone groups is 1. The van der Waals surface area contributed by atoms with Gasteiger partial charge in [0.1, 0.15) is 5.75 Å². The predicted octanol–water partition coefficient (Wildman–Crippen LogP) is 5.71. The van der Waals surface area contributed by atoms with E-state index in [4.69, 9.17) is 4.74 Å². The van der Waals surface area contributed by atoms with Crippen LogP contribution in [0, 0.1) is 0 Å². The normalized spacial score (nSPS) is 13.6. The number of hydrogen-bond acceptors (Lipinski definition) is 4. The molecule has 3 aromatic rings. The van der Waals surface area contributed by atoms with Gasteiger partial charge in [-0.25, -0.2) is 5.43 Å². The molecule has 1 amide bonds. The summed E-state index contributed by atoms with van der Waals surface area (Å²) in [5.74, 6) is 0.624. The van der Waals surface area contributed by atoms with Crippen molar-refractivity contribution in [3.8, 4) is 5.75 Å². The Bertz CT molecular complexity index is 1180. The van der Waals surface area contributed by atoms with Crippen molar-refractivity contribution in [2.24, 2.45) is 5.10 Å². The van der Waals surface area contributed by atoms with Crippen LogP contribution in [-0.2, 0) is 18.4 Å². The number of amides is 1. The molecule has 0 radical (unpaired) electrons. The summed E-state index contributed by atoms with van der Waals surface area (Å²) in [7, 11) is 1.70. The second-order valence-electron chi connectivity index (χ2n) is 9.75. The predicted molar refractivity (Wildman–Crippen MR) is 139 cm³/mol. The van der Waals surface area contributed by atoms with Crippen molar-refractivity contribution in [2.45, 2.75) is 45.6 Å². The average Bonchev–Trinajstić information content (AvgIpc) is 2.84. The van der Waals surface area contributed by atoms with Crippen LogP contribution in [0.15, 0.2) is 71.8 Å². The molecule has 0 unspecified atom stereocenters. The lowest BCUT2D eigenvalue weighted by molar-refractivity contribution is 0.0955. The smallest absolute Gasteiger partial charge is 0.271 e. The maximum atomic E-state index is 12.5. The zero-order valence-electron chi connectivity index (χ0n) is 20.5. The van der Waals surface area contributed by atoms with Gasteiger partial charge in [0.25, 0.3) is 5.91 Å². The minimum Gasteiger partial charge on any atom is -0.496 e. The Labute approximate surface area is 202 Å². The summed E-state index contributed by atoms with van der Waals surface area (Å²) in [5, 5.41) is 4.19. The number of fused-ring (bicyclic) bond motifs is 1. The molecule has 0 aromatic heterocycles. The van der Waals surface area contributed by atoms with E-state index in [0.29, 0.717) is 5.56 Å². The molecular weight excluding hydrogens is 422 g/mol. The van der Waals surface area contributed by atoms with Crippen molar-refractivity contribution < 1.29 is 9.53 Å². The third-order valence-corrected chi connectivity index (χ3v) is 6.26. The Hall–Kier alpha value is -3.60. The van der Waals surface area contributed by atoms with E-state index in [1.807, 2.05) is 36.4 Å². The van der Waals surface area contributed by atoms with Gasteiger partial charge >= 0.3 is 0 Å². The molecule has 176 valence electrons. The van der Waals surface area contributed by atoms with E-state index in [2.05, 4.69) is 66.5 Å². The SMILES string of the molecule is COc1ccc(/C=N/NC(=O)c2ccc(C(C)(C)C)cc2)cc1CN1CCCc2ccccc21. The van der Waals surface area contributed by atoms with E-state index >= 15 is 0 Å². The van der Waals surface area contributed by atoms with Gasteiger partial charge in [-0.3, -0.25) is 4.79 Å². The van der Waals surface area contributed by atoms with E-state index in [1.165, 1.54) is 16.8 Å². The average molecular weight is 456 g/mol. The number of carbonyl (C=O) groups is 1. The van der Waals surface area contributed by atoms with Gasteiger partial charge in [-0.2, -0.15) is 5.10 Å². The highest BCUT2D eigenvalue weighted by atomic mass is 16.5. The van der Waals surface area contributed by atoms with Gasteiger partial charge in [0.05, 0.1) is 13.3 Å². The number of benzene rings is 3. The van der Waals surface area contributed by atoms with Crippen LogP contribution in [0.25, 0.3) is 0 Å². The number of aryl methyl sites for hydroxylation is 1. The molecule has 1 N–H and O–H groups in total. The summed E-state index contributed by atoms with van der Waals surface area (Å²) in [5.41, 5.74) is 9.15. The van der Waals surface area contributed by atoms with Crippen LogP contribution in [0.1, 0.15) is 59.8 Å². The first-order valence-electron chi connectivity index (χ1n) is 11.8. The van der Waals surface area contributed by atoms with E-state index in [9.17, 15) is 4.79 Å². The molecule has 1 aliphatic rings. The van der Waals surface area contributed by atoms with Gasteiger partial charge in [0, 0.05) is 29.9 Å². The summed E-state index contributed by atoms with van der Waals surface area (Å²) in [6.45, 7) is 8.23. The number of ether oxygens (including phenoxy) is 1. The lowest BCUT2D eigenvalue weighted by Gasteiger charge is -2.31. The minimum atomic E-state index is -0.227. The van der Waals surface area contributed by atoms with Crippen molar-refractivity contribution in [3.05, 3.63) is 94.5 Å². The third-order valence-electron chi connectivity index (χ3n) is 6.26. The largest absolute Gasteiger partial charge is 0.496 e. The number of para-hydroxylation sites is 1. The lowest BCUT2D eigenvalue weighted by atomic mass is 9.87. The number of nitrogens with one attached hydrogen (secondary N) is 1. The molecule has 0 atom stereocenters. The van der Waals surface area contributed by atoms with Crippen LogP contribution in [0.5, 0.6) is 5.75 Å². The molecule has 5 nitrogen and oxygen atoms in total. The van der Waals surface area contributed by atoms with Crippen LogP contribution >= 0.6 is 0 Å². The summed E-state index contributed by atoms with van der Waals surface area (Å²) >= 11 is 0. The first-order valence-corrected chi connectivity index (χ1v) is 11.8. The monoisotopic (exact) mass is 455 g/mol. The van der Waals surface area contributed by atoms with Crippen molar-refractivity contribution in [1.29, 1.82) is 0 Å². The zero-order chi connectivity index (χ0) is 24.1. The number of carbonyl (C=O) groups excluding carboxylic acids is 1. The Morgan fingerprint density at radius 2 is 1.85 bits per heavy atom. The topological polar surface area (TPSA) is 53.9 Å². The second-order valence-corrected chi connectivity index (χ2v) is 9.75. The van der Waals surface area contributed by atoms with Gasteiger partial charge in [-0.1, -0.05) is 51.1 Å². The van der Waals surface area contributed by atoms with Crippen LogP contribution in [0.3, 0.4) is 0 Å². The van der Waals surface area contributed by atoms with Crippen LogP contribution in [-0.4, -0.2) is 25.8 Å². The van der Waals surface area contributed by atoms with Crippen molar-refractivity contribution in [2.75, 3.05) is 18.6 Å². The summed E-state index contributed by atoms with van der Waals surface area (Å²) in [4.78, 5) is 14.9. The van der Waals surface area contributed by atoms with Crippen molar-refractivity contribution in [3.63, 3.8) is 0 Å². The number of anilines is 1. The molecule has 0 spiro atoms. The minimum absolute atomic E-state index is 0.0511. The maximum Gasteiger partial charge on any atom is 0.271 e. The highest BCUT2D eigenvalue weighted by Crippen LogP contribution is 2.30. The van der Waals surface area contributed by atoms with Crippen LogP contribution < -0.4 is 15.1 Å². The molecule has 34 heavy (non-hydrogen) atoms. The molecule has 3 aromatic carbocycles. The lowest BCUT2D eigenvalue weighted by Crippen LogP contribution is -2.29. The van der Waals surface area contributed by atoms with Crippen molar-refractivity contribution >= 4 is 17.8 Å². The fraction of sp³-hybridized carbons (Fsp3) is 0.310. The summed E-state index contributed by atoms with van der Waals surface area (Å²) < 4.78 is 5.62. The standard InChI is InChI=1S/C29H33N3O2/c1-29(2,3)25-14-12-23(13-15-25)28(33)31-30-19-21-11-16-27(34-4)24(18-21)20-32-17-7-9-22-8-5-6-10-26(22)32/h5-6,8,10-16,18-19H,7,9,17,20H2,1-4H3,(H,31,33)/b30-19+. The zero-order valence-corrected chi connectivity index (χ0v) is 20.5. The number of hydrogen-bond donors (Lipinski definition) is 1. The fourth-order valence-electron chi connectivity index (χ4n) is 4.34. The van der Waals surface area contributed by atoms with Gasteiger partial charge in [0.15, 0.2) is 0 Å². The van der Waals surface area contributed by atoms with Gasteiger partial charge in [0.2, 0.25) is 0 Å². The molecule has 0 saturated carbocycles. The number of nitrogens with zero attached hydrogens (tertiary/aromatic N) is 2. The molecular formula is C29H33N3O2. The van der Waals surface area contributed by atoms with E-state index < -0.39 is 0 Å². The van der Waals surface area contributed by atoms with Crippen LogP contribution in [0.2, 0.25) is 0 Å². The van der Waals surface area contributed by atoms with Gasteiger partial charge in [-0.05, 0) is 71.3 Å². The molecule has 0 fully saturated rings. The van der Waals surface area contributed by atoms with E-state index in [1.54, 1.807) is 13.3 Å². The number of rotatable bonds is 6. The Balaban J connectivity index is 1.45. The second kappa shape index (κ2) is 10.1. The third kappa shape index (κ3) is 5.48. The first-order chi connectivity index (χ1) is 16.3. The molecule has 0 bridgehead atoms. The Morgan fingerprint density at radius 1 is 1.09 bits per heavy atom. The van der Waals surface area contributed by atoms with Crippen molar-refractivity contribution in [1.82, 2.24) is 5.43 Å². The van der Waals surface area contributed by atoms with E-state index in [-0.39, 0.29) is 11.3 Å². The molecule has 1 heterocycles. The summed E-state index contributed by atoms with van der Waals surface area (Å²) in [6, 6.07) is 22.2. The van der Waals surface area contributed by atoms with E-state index in [0.717, 1.165) is 42.8 Å². The number of methoxy groups -OCH3 is 1. The quantitative estimate of drug-likeness (QED) is 0.383. The highest BCUT2D eigenvalue weighted by molar-refractivity contribution is 5.95. The highest BCUT2D eigenvalue weighted by Gasteiger charge is 2.18. The molecule has 1 aliphatic heterocycles. The fourth-order valence-corrected chi connectivity index (χ4v) is 4.34. The first kappa shape index (κ1) is 23.6. The van der Waals surface area contributed by atoms with Gasteiger partial charge in [-0.15, -0.1) is 0 Å². The maximum absolute atomic E-state index is 12.5.